The number of nitrogens with one attached hydrogen (secondary N) is 1. The highest BCUT2D eigenvalue weighted by Gasteiger charge is 2.44. The largest absolute Gasteiger partial charge is 0.340 e. The van der Waals surface area contributed by atoms with E-state index in [1.165, 1.54) is 0 Å². The number of rotatable bonds is 5. The molecular weight excluding hydrogens is 264 g/mol. The van der Waals surface area contributed by atoms with Gasteiger partial charge in [-0.1, -0.05) is 13.8 Å². The second-order valence-corrected chi connectivity index (χ2v) is 7.44. The minimum Gasteiger partial charge on any atom is -0.340 e. The Balaban J connectivity index is 2.83. The highest BCUT2D eigenvalue weighted by atomic mass is 32.2. The topological polar surface area (TPSA) is 66.5 Å². The molecule has 1 aliphatic rings. The van der Waals surface area contributed by atoms with Crippen molar-refractivity contribution in [1.82, 2.24) is 10.2 Å². The molecule has 0 aromatic carbocycles. The molecule has 0 saturated carbocycles. The second-order valence-electron chi connectivity index (χ2n) is 5.63. The molecule has 1 N–H and O–H groups in total. The molecule has 1 rings (SSSR count). The molecule has 0 aliphatic carbocycles. The number of amides is 2. The minimum atomic E-state index is -0.906. The summed E-state index contributed by atoms with van der Waals surface area (Å²) in [6.45, 7) is 7.71. The molecule has 0 bridgehead atoms. The van der Waals surface area contributed by atoms with Gasteiger partial charge in [-0.25, -0.2) is 0 Å². The van der Waals surface area contributed by atoms with Crippen molar-refractivity contribution in [3.8, 4) is 0 Å². The van der Waals surface area contributed by atoms with Gasteiger partial charge >= 0.3 is 0 Å². The molecule has 1 aliphatic heterocycles. The molecule has 0 aromatic heterocycles. The first-order chi connectivity index (χ1) is 8.70. The van der Waals surface area contributed by atoms with Crippen molar-refractivity contribution >= 4 is 22.6 Å². The Morgan fingerprint density at radius 1 is 1.42 bits per heavy atom. The van der Waals surface area contributed by atoms with E-state index in [2.05, 4.69) is 5.32 Å². The van der Waals surface area contributed by atoms with E-state index in [0.29, 0.717) is 19.4 Å². The van der Waals surface area contributed by atoms with Gasteiger partial charge in [0.1, 0.15) is 11.6 Å². The van der Waals surface area contributed by atoms with Crippen LogP contribution in [0.25, 0.3) is 0 Å². The number of piperazine rings is 1. The Morgan fingerprint density at radius 3 is 2.47 bits per heavy atom. The summed E-state index contributed by atoms with van der Waals surface area (Å²) in [5.74, 6) is -0.162. The van der Waals surface area contributed by atoms with Crippen LogP contribution in [0.3, 0.4) is 0 Å². The van der Waals surface area contributed by atoms with E-state index in [4.69, 9.17) is 0 Å². The molecule has 3 unspecified atom stereocenters. The molecule has 1 saturated heterocycles. The SMILES string of the molecule is CCC1C(=O)NC(C)(C)C(=O)N1CCC(C)S(C)=O. The molecule has 2 amide bonds. The molecule has 1 fully saturated rings. The standard InChI is InChI=1S/C13H24N2O3S/c1-6-10-11(16)14-13(3,4)12(17)15(10)8-7-9(2)19(5)18/h9-10H,6-8H2,1-5H3,(H,14,16). The lowest BCUT2D eigenvalue weighted by Crippen LogP contribution is -2.68. The van der Waals surface area contributed by atoms with Crippen LogP contribution in [0.4, 0.5) is 0 Å². The van der Waals surface area contributed by atoms with Gasteiger partial charge < -0.3 is 10.2 Å². The average Bonchev–Trinajstić information content (AvgIpc) is 2.30. The van der Waals surface area contributed by atoms with E-state index < -0.39 is 22.4 Å². The summed E-state index contributed by atoms with van der Waals surface area (Å²) in [7, 11) is -0.906. The van der Waals surface area contributed by atoms with Gasteiger partial charge in [0.25, 0.3) is 0 Å². The van der Waals surface area contributed by atoms with Gasteiger partial charge in [0.2, 0.25) is 11.8 Å². The number of nitrogens with zero attached hydrogens (tertiary/aromatic N) is 1. The summed E-state index contributed by atoms with van der Waals surface area (Å²) in [6.07, 6.45) is 2.91. The number of carbonyl (C=O) groups is 2. The predicted molar refractivity (Wildman–Crippen MR) is 76.2 cm³/mol. The van der Waals surface area contributed by atoms with Crippen LogP contribution < -0.4 is 5.32 Å². The molecule has 3 atom stereocenters. The summed E-state index contributed by atoms with van der Waals surface area (Å²) >= 11 is 0. The monoisotopic (exact) mass is 288 g/mol. The predicted octanol–water partition coefficient (Wildman–Crippen LogP) is 0.659. The molecule has 5 nitrogen and oxygen atoms in total. The van der Waals surface area contributed by atoms with Crippen molar-refractivity contribution in [2.45, 2.75) is 57.4 Å². The normalized spacial score (nSPS) is 25.9. The van der Waals surface area contributed by atoms with E-state index in [-0.39, 0.29) is 17.1 Å². The highest BCUT2D eigenvalue weighted by Crippen LogP contribution is 2.20. The Labute approximate surface area is 117 Å². The lowest BCUT2D eigenvalue weighted by molar-refractivity contribution is -0.153. The number of hydrogen-bond donors (Lipinski definition) is 1. The zero-order valence-electron chi connectivity index (χ0n) is 12.4. The summed E-state index contributed by atoms with van der Waals surface area (Å²) in [6, 6.07) is -0.405. The first-order valence-corrected chi connectivity index (χ1v) is 8.28. The third-order valence-corrected chi connectivity index (χ3v) is 5.01. The van der Waals surface area contributed by atoms with Crippen molar-refractivity contribution < 1.29 is 13.8 Å². The van der Waals surface area contributed by atoms with Crippen LogP contribution >= 0.6 is 0 Å². The Morgan fingerprint density at radius 2 is 2.00 bits per heavy atom. The average molecular weight is 288 g/mol. The Bertz CT molecular complexity index is 395. The molecule has 1 heterocycles. The summed E-state index contributed by atoms with van der Waals surface area (Å²) in [5, 5.41) is 2.78. The van der Waals surface area contributed by atoms with Gasteiger partial charge in [0, 0.05) is 28.9 Å². The van der Waals surface area contributed by atoms with Crippen molar-refractivity contribution in [2.75, 3.05) is 12.8 Å². The third-order valence-electron chi connectivity index (χ3n) is 3.64. The molecule has 19 heavy (non-hydrogen) atoms. The van der Waals surface area contributed by atoms with Crippen LogP contribution in [0.2, 0.25) is 0 Å². The maximum atomic E-state index is 12.4. The fraction of sp³-hybridized carbons (Fsp3) is 0.846. The van der Waals surface area contributed by atoms with Crippen molar-refractivity contribution in [3.63, 3.8) is 0 Å². The van der Waals surface area contributed by atoms with E-state index in [1.54, 1.807) is 25.0 Å². The van der Waals surface area contributed by atoms with Gasteiger partial charge in [-0.05, 0) is 26.7 Å². The lowest BCUT2D eigenvalue weighted by atomic mass is 9.95. The summed E-state index contributed by atoms with van der Waals surface area (Å²) < 4.78 is 11.4. The Hall–Kier alpha value is -0.910. The molecule has 0 aromatic rings. The Kier molecular flexibility index (Phi) is 5.12. The minimum absolute atomic E-state index is 0.0263. The van der Waals surface area contributed by atoms with Crippen LogP contribution in [0, 0.1) is 0 Å². The molecule has 110 valence electrons. The smallest absolute Gasteiger partial charge is 0.248 e. The van der Waals surface area contributed by atoms with Crippen molar-refractivity contribution in [2.24, 2.45) is 0 Å². The van der Waals surface area contributed by atoms with Gasteiger partial charge in [0.05, 0.1) is 0 Å². The van der Waals surface area contributed by atoms with Gasteiger partial charge in [-0.3, -0.25) is 13.8 Å². The molecule has 6 heteroatoms. The summed E-state index contributed by atoms with van der Waals surface area (Å²) in [4.78, 5) is 26.0. The van der Waals surface area contributed by atoms with Crippen LogP contribution in [-0.4, -0.2) is 50.6 Å². The first-order valence-electron chi connectivity index (χ1n) is 6.66. The van der Waals surface area contributed by atoms with E-state index in [0.717, 1.165) is 0 Å². The fourth-order valence-corrected chi connectivity index (χ4v) is 2.67. The summed E-state index contributed by atoms with van der Waals surface area (Å²) in [5.41, 5.74) is -0.850. The van der Waals surface area contributed by atoms with Crippen molar-refractivity contribution in [1.29, 1.82) is 0 Å². The zero-order valence-corrected chi connectivity index (χ0v) is 13.2. The van der Waals surface area contributed by atoms with Gasteiger partial charge in [-0.2, -0.15) is 0 Å². The zero-order chi connectivity index (χ0) is 14.8. The van der Waals surface area contributed by atoms with Crippen LogP contribution in [0.5, 0.6) is 0 Å². The number of hydrogen-bond acceptors (Lipinski definition) is 3. The van der Waals surface area contributed by atoms with E-state index in [9.17, 15) is 13.8 Å². The highest BCUT2D eigenvalue weighted by molar-refractivity contribution is 7.84. The molecule has 0 radical (unpaired) electrons. The third kappa shape index (κ3) is 3.55. The van der Waals surface area contributed by atoms with Crippen LogP contribution in [0.15, 0.2) is 0 Å². The molecular formula is C13H24N2O3S. The van der Waals surface area contributed by atoms with Gasteiger partial charge in [-0.15, -0.1) is 0 Å². The number of carbonyl (C=O) groups excluding carboxylic acids is 2. The lowest BCUT2D eigenvalue weighted by Gasteiger charge is -2.42. The second kappa shape index (κ2) is 6.03. The first kappa shape index (κ1) is 16.1. The fourth-order valence-electron chi connectivity index (χ4n) is 2.24. The van der Waals surface area contributed by atoms with E-state index >= 15 is 0 Å². The maximum absolute atomic E-state index is 12.4. The quantitative estimate of drug-likeness (QED) is 0.808. The van der Waals surface area contributed by atoms with Crippen LogP contribution in [-0.2, 0) is 20.4 Å². The maximum Gasteiger partial charge on any atom is 0.248 e. The van der Waals surface area contributed by atoms with E-state index in [1.807, 2.05) is 13.8 Å². The van der Waals surface area contributed by atoms with Crippen LogP contribution in [0.1, 0.15) is 40.5 Å². The molecule has 0 spiro atoms. The van der Waals surface area contributed by atoms with Gasteiger partial charge in [0.15, 0.2) is 0 Å². The van der Waals surface area contributed by atoms with Crippen molar-refractivity contribution in [3.05, 3.63) is 0 Å².